The monoisotopic (exact) mass is 321 g/mol. The molecule has 2 heterocycles. The van der Waals surface area contributed by atoms with Gasteiger partial charge in [0, 0.05) is 25.6 Å². The van der Waals surface area contributed by atoms with Gasteiger partial charge in [0.05, 0.1) is 12.6 Å². The van der Waals surface area contributed by atoms with Crippen molar-refractivity contribution in [3.8, 4) is 0 Å². The van der Waals surface area contributed by atoms with Crippen molar-refractivity contribution in [2.75, 3.05) is 31.6 Å². The van der Waals surface area contributed by atoms with Crippen LogP contribution in [-0.4, -0.2) is 52.0 Å². The Morgan fingerprint density at radius 1 is 1.35 bits per heavy atom. The van der Waals surface area contributed by atoms with Crippen LogP contribution in [0.5, 0.6) is 0 Å². The Morgan fingerprint density at radius 2 is 2.17 bits per heavy atom. The number of rotatable bonds is 5. The molecule has 0 radical (unpaired) electrons. The lowest BCUT2D eigenvalue weighted by Crippen LogP contribution is -2.33. The second-order valence-corrected chi connectivity index (χ2v) is 6.53. The van der Waals surface area contributed by atoms with Crippen molar-refractivity contribution < 1.29 is 9.53 Å². The fourth-order valence-corrected chi connectivity index (χ4v) is 3.47. The number of carbonyl (C=O) groups excluding carboxylic acids is 1. The Hall–Kier alpha value is -1.63. The van der Waals surface area contributed by atoms with Crippen molar-refractivity contribution in [3.63, 3.8) is 0 Å². The minimum atomic E-state index is -0.106. The van der Waals surface area contributed by atoms with Gasteiger partial charge in [-0.25, -0.2) is 14.5 Å². The van der Waals surface area contributed by atoms with E-state index in [-0.39, 0.29) is 6.03 Å². The molecule has 3 rings (SSSR count). The van der Waals surface area contributed by atoms with E-state index < -0.39 is 0 Å². The molecule has 1 aromatic rings. The van der Waals surface area contributed by atoms with Gasteiger partial charge in [-0.1, -0.05) is 19.3 Å². The van der Waals surface area contributed by atoms with Crippen LogP contribution in [0.4, 0.5) is 10.7 Å². The van der Waals surface area contributed by atoms with Gasteiger partial charge in [-0.3, -0.25) is 5.32 Å². The summed E-state index contributed by atoms with van der Waals surface area (Å²) in [5.74, 6) is 0.849. The number of aromatic nitrogens is 3. The summed E-state index contributed by atoms with van der Waals surface area (Å²) in [5.41, 5.74) is 0. The summed E-state index contributed by atoms with van der Waals surface area (Å²) < 4.78 is 7.36. The summed E-state index contributed by atoms with van der Waals surface area (Å²) in [6, 6.07) is 0.328. The molecule has 7 nitrogen and oxygen atoms in total. The molecule has 1 saturated heterocycles. The second-order valence-electron chi connectivity index (χ2n) is 6.53. The largest absolute Gasteiger partial charge is 0.381 e. The normalized spacial score (nSPS) is 22.5. The Morgan fingerprint density at radius 3 is 2.96 bits per heavy atom. The van der Waals surface area contributed by atoms with Crippen LogP contribution in [0.3, 0.4) is 0 Å². The summed E-state index contributed by atoms with van der Waals surface area (Å²) in [5, 5.41) is 7.26. The first kappa shape index (κ1) is 16.2. The second kappa shape index (κ2) is 7.77. The molecule has 0 spiro atoms. The zero-order chi connectivity index (χ0) is 16.1. The molecular formula is C16H27N5O2. The first-order valence-electron chi connectivity index (χ1n) is 8.81. The van der Waals surface area contributed by atoms with Gasteiger partial charge in [0.15, 0.2) is 0 Å². The standard InChI is InChI=1S/C16H27N5O2/c1-2-23-11-13-8-9-20(10-13)16(22)18-15-17-12-21(19-15)14-6-4-3-5-7-14/h12-14H,2-11H2,1H3,(H,18,19,22). The zero-order valence-corrected chi connectivity index (χ0v) is 13.9. The number of amides is 2. The molecule has 1 unspecified atom stereocenters. The lowest BCUT2D eigenvalue weighted by molar-refractivity contribution is 0.113. The Balaban J connectivity index is 1.49. The maximum absolute atomic E-state index is 12.3. The smallest absolute Gasteiger partial charge is 0.324 e. The SMILES string of the molecule is CCOCC1CCN(C(=O)Nc2ncn(C3CCCCC3)n2)C1. The van der Waals surface area contributed by atoms with Crippen LogP contribution in [0.15, 0.2) is 6.33 Å². The van der Waals surface area contributed by atoms with Crippen LogP contribution in [0.2, 0.25) is 0 Å². The number of carbonyl (C=O) groups is 1. The molecule has 2 fully saturated rings. The summed E-state index contributed by atoms with van der Waals surface area (Å²) in [4.78, 5) is 18.4. The van der Waals surface area contributed by atoms with Gasteiger partial charge in [0.1, 0.15) is 6.33 Å². The summed E-state index contributed by atoms with van der Waals surface area (Å²) in [6.45, 7) is 4.97. The maximum atomic E-state index is 12.3. The van der Waals surface area contributed by atoms with E-state index in [9.17, 15) is 4.79 Å². The molecule has 2 aliphatic rings. The van der Waals surface area contributed by atoms with E-state index >= 15 is 0 Å². The van der Waals surface area contributed by atoms with Gasteiger partial charge in [0.2, 0.25) is 5.95 Å². The minimum Gasteiger partial charge on any atom is -0.381 e. The topological polar surface area (TPSA) is 72.3 Å². The van der Waals surface area contributed by atoms with Crippen molar-refractivity contribution >= 4 is 12.0 Å². The summed E-state index contributed by atoms with van der Waals surface area (Å²) in [7, 11) is 0. The third kappa shape index (κ3) is 4.22. The molecule has 7 heteroatoms. The lowest BCUT2D eigenvalue weighted by atomic mass is 9.96. The van der Waals surface area contributed by atoms with Gasteiger partial charge in [-0.05, 0) is 26.2 Å². The molecule has 0 bridgehead atoms. The molecule has 23 heavy (non-hydrogen) atoms. The van der Waals surface area contributed by atoms with Crippen LogP contribution in [0.25, 0.3) is 0 Å². The van der Waals surface area contributed by atoms with E-state index in [2.05, 4.69) is 15.4 Å². The minimum absolute atomic E-state index is 0.106. The highest BCUT2D eigenvalue weighted by Crippen LogP contribution is 2.27. The number of nitrogens with one attached hydrogen (secondary N) is 1. The molecule has 1 aliphatic heterocycles. The third-order valence-corrected chi connectivity index (χ3v) is 4.81. The molecule has 0 aromatic carbocycles. The van der Waals surface area contributed by atoms with Crippen molar-refractivity contribution in [2.45, 2.75) is 51.5 Å². The Kier molecular flexibility index (Phi) is 5.48. The van der Waals surface area contributed by atoms with Crippen molar-refractivity contribution in [1.29, 1.82) is 0 Å². The van der Waals surface area contributed by atoms with Gasteiger partial charge < -0.3 is 9.64 Å². The van der Waals surface area contributed by atoms with Crippen molar-refractivity contribution in [3.05, 3.63) is 6.33 Å². The average molecular weight is 321 g/mol. The quantitative estimate of drug-likeness (QED) is 0.905. The predicted octanol–water partition coefficient (Wildman–Crippen LogP) is 2.67. The van der Waals surface area contributed by atoms with E-state index in [1.54, 1.807) is 6.33 Å². The van der Waals surface area contributed by atoms with E-state index in [1.807, 2.05) is 16.5 Å². The van der Waals surface area contributed by atoms with Crippen molar-refractivity contribution in [2.24, 2.45) is 5.92 Å². The number of urea groups is 1. The summed E-state index contributed by atoms with van der Waals surface area (Å²) in [6.07, 6.45) is 8.86. The van der Waals surface area contributed by atoms with Crippen LogP contribution in [0.1, 0.15) is 51.5 Å². The fourth-order valence-electron chi connectivity index (χ4n) is 3.47. The summed E-state index contributed by atoms with van der Waals surface area (Å²) >= 11 is 0. The molecule has 1 aromatic heterocycles. The van der Waals surface area contributed by atoms with Crippen LogP contribution < -0.4 is 5.32 Å². The number of ether oxygens (including phenoxy) is 1. The first-order chi connectivity index (χ1) is 11.3. The Labute approximate surface area is 137 Å². The number of likely N-dealkylation sites (tertiary alicyclic amines) is 1. The van der Waals surface area contributed by atoms with E-state index in [4.69, 9.17) is 4.74 Å². The fraction of sp³-hybridized carbons (Fsp3) is 0.812. The van der Waals surface area contributed by atoms with Gasteiger partial charge in [-0.2, -0.15) is 0 Å². The molecule has 1 saturated carbocycles. The maximum Gasteiger partial charge on any atom is 0.324 e. The molecule has 1 aliphatic carbocycles. The number of hydrogen-bond acceptors (Lipinski definition) is 4. The number of hydrogen-bond donors (Lipinski definition) is 1. The van der Waals surface area contributed by atoms with Crippen LogP contribution in [0, 0.1) is 5.92 Å². The highest BCUT2D eigenvalue weighted by molar-refractivity contribution is 5.87. The molecule has 1 N–H and O–H groups in total. The van der Waals surface area contributed by atoms with Crippen LogP contribution >= 0.6 is 0 Å². The van der Waals surface area contributed by atoms with Gasteiger partial charge in [-0.15, -0.1) is 5.10 Å². The van der Waals surface area contributed by atoms with E-state index in [0.717, 1.165) is 45.6 Å². The third-order valence-electron chi connectivity index (χ3n) is 4.81. The van der Waals surface area contributed by atoms with Gasteiger partial charge in [0.25, 0.3) is 0 Å². The van der Waals surface area contributed by atoms with E-state index in [1.165, 1.54) is 19.3 Å². The predicted molar refractivity (Wildman–Crippen MR) is 87.3 cm³/mol. The highest BCUT2D eigenvalue weighted by Gasteiger charge is 2.27. The number of anilines is 1. The highest BCUT2D eigenvalue weighted by atomic mass is 16.5. The molecule has 1 atom stereocenters. The average Bonchev–Trinajstić information content (AvgIpc) is 3.23. The van der Waals surface area contributed by atoms with Crippen molar-refractivity contribution in [1.82, 2.24) is 19.7 Å². The molecule has 128 valence electrons. The number of nitrogens with zero attached hydrogens (tertiary/aromatic N) is 4. The Bertz CT molecular complexity index is 512. The zero-order valence-electron chi connectivity index (χ0n) is 13.9. The first-order valence-corrected chi connectivity index (χ1v) is 8.81. The van der Waals surface area contributed by atoms with Crippen LogP contribution in [-0.2, 0) is 4.74 Å². The lowest BCUT2D eigenvalue weighted by Gasteiger charge is -2.21. The van der Waals surface area contributed by atoms with E-state index in [0.29, 0.717) is 17.9 Å². The van der Waals surface area contributed by atoms with Gasteiger partial charge >= 0.3 is 6.03 Å². The molecular weight excluding hydrogens is 294 g/mol. The molecule has 2 amide bonds.